The number of carbonyl (C=O) groups is 2. The Hall–Kier alpha value is -5.14. The molecule has 5 aromatic rings. The van der Waals surface area contributed by atoms with Gasteiger partial charge >= 0.3 is 12.2 Å². The zero-order valence-electron chi connectivity index (χ0n) is 23.0. The summed E-state index contributed by atoms with van der Waals surface area (Å²) in [7, 11) is 1.70. The molecule has 0 spiro atoms. The van der Waals surface area contributed by atoms with Crippen molar-refractivity contribution in [3.8, 4) is 0 Å². The lowest BCUT2D eigenvalue weighted by molar-refractivity contribution is 0.0279. The molecule has 0 fully saturated rings. The van der Waals surface area contributed by atoms with Gasteiger partial charge in [0.2, 0.25) is 5.95 Å². The van der Waals surface area contributed by atoms with Crippen molar-refractivity contribution in [1.82, 2.24) is 34.2 Å². The molecule has 14 nitrogen and oxygen atoms in total. The standard InChI is InChI=1S/C27H29N9O5/c1-27(2,3)41-26(39)33(4)15-21-28-13-18-14-34(8-9-35(18)21)23-22-19(7-10-40-22)31-24(32-23)30-17-6-5-16-12-29-36(25(37)38)20(16)11-17/h5-7,10-13H,8-9,14-15H2,1-4H3,(H,37,38)(H,30,31,32). The second-order valence-electron chi connectivity index (χ2n) is 10.8. The molecule has 212 valence electrons. The van der Waals surface area contributed by atoms with Gasteiger partial charge in [0, 0.05) is 37.3 Å². The lowest BCUT2D eigenvalue weighted by Crippen LogP contribution is -2.37. The molecule has 6 rings (SSSR count). The molecule has 1 aliphatic rings. The summed E-state index contributed by atoms with van der Waals surface area (Å²) in [5.74, 6) is 1.74. The van der Waals surface area contributed by atoms with Crippen molar-refractivity contribution < 1.29 is 23.8 Å². The van der Waals surface area contributed by atoms with Crippen LogP contribution < -0.4 is 10.2 Å². The van der Waals surface area contributed by atoms with Crippen molar-refractivity contribution in [2.75, 3.05) is 23.8 Å². The van der Waals surface area contributed by atoms with Crippen molar-refractivity contribution >= 4 is 51.6 Å². The molecule has 0 unspecified atom stereocenters. The predicted octanol–water partition coefficient (Wildman–Crippen LogP) is 4.43. The van der Waals surface area contributed by atoms with E-state index in [2.05, 4.69) is 29.9 Å². The number of hydrogen-bond acceptors (Lipinski definition) is 10. The molecular weight excluding hydrogens is 530 g/mol. The monoisotopic (exact) mass is 559 g/mol. The molecule has 1 aromatic carbocycles. The maximum Gasteiger partial charge on any atom is 0.432 e. The fraction of sp³-hybridized carbons (Fsp3) is 0.333. The Morgan fingerprint density at radius 1 is 1.17 bits per heavy atom. The fourth-order valence-corrected chi connectivity index (χ4v) is 4.77. The minimum atomic E-state index is -1.17. The van der Waals surface area contributed by atoms with E-state index in [1.807, 2.05) is 33.0 Å². The van der Waals surface area contributed by atoms with E-state index in [9.17, 15) is 14.7 Å². The molecule has 14 heteroatoms. The number of benzene rings is 1. The molecule has 5 heterocycles. The highest BCUT2D eigenvalue weighted by Gasteiger charge is 2.26. The van der Waals surface area contributed by atoms with Crippen LogP contribution >= 0.6 is 0 Å². The highest BCUT2D eigenvalue weighted by atomic mass is 16.6. The van der Waals surface area contributed by atoms with E-state index in [1.165, 1.54) is 11.1 Å². The zero-order valence-corrected chi connectivity index (χ0v) is 23.0. The maximum atomic E-state index is 12.4. The normalized spacial score (nSPS) is 13.4. The first-order chi connectivity index (χ1) is 19.6. The number of amides is 1. The van der Waals surface area contributed by atoms with Gasteiger partial charge in [-0.1, -0.05) is 0 Å². The summed E-state index contributed by atoms with van der Waals surface area (Å²) < 4.78 is 14.3. The number of ether oxygens (including phenoxy) is 1. The third-order valence-electron chi connectivity index (χ3n) is 6.64. The molecule has 0 saturated carbocycles. The Labute approximate surface area is 234 Å². The minimum Gasteiger partial charge on any atom is -0.463 e. The molecule has 2 N–H and O–H groups in total. The van der Waals surface area contributed by atoms with E-state index in [-0.39, 0.29) is 0 Å². The molecule has 4 aromatic heterocycles. The van der Waals surface area contributed by atoms with E-state index >= 15 is 0 Å². The van der Waals surface area contributed by atoms with Crippen LogP contribution in [0.15, 0.2) is 47.3 Å². The number of fused-ring (bicyclic) bond motifs is 3. The number of nitrogens with one attached hydrogen (secondary N) is 1. The first-order valence-electron chi connectivity index (χ1n) is 13.0. The summed E-state index contributed by atoms with van der Waals surface area (Å²) >= 11 is 0. The lowest BCUT2D eigenvalue weighted by atomic mass is 10.2. The van der Waals surface area contributed by atoms with Gasteiger partial charge in [0.05, 0.1) is 43.0 Å². The summed E-state index contributed by atoms with van der Waals surface area (Å²) in [4.78, 5) is 41.5. The van der Waals surface area contributed by atoms with Crippen LogP contribution in [0.3, 0.4) is 0 Å². The smallest absolute Gasteiger partial charge is 0.432 e. The molecule has 0 saturated heterocycles. The Morgan fingerprint density at radius 3 is 2.78 bits per heavy atom. The molecule has 41 heavy (non-hydrogen) atoms. The Morgan fingerprint density at radius 2 is 2.00 bits per heavy atom. The van der Waals surface area contributed by atoms with Gasteiger partial charge in [0.1, 0.15) is 16.9 Å². The fourth-order valence-electron chi connectivity index (χ4n) is 4.77. The quantitative estimate of drug-likeness (QED) is 0.314. The van der Waals surface area contributed by atoms with Crippen molar-refractivity contribution in [1.29, 1.82) is 0 Å². The summed E-state index contributed by atoms with van der Waals surface area (Å²) in [5, 5.41) is 17.2. The van der Waals surface area contributed by atoms with E-state index in [0.29, 0.717) is 65.6 Å². The SMILES string of the molecule is CN(Cc1ncc2n1CCN(c1nc(Nc3ccc4cnn(C(=O)O)c4c3)nc3ccoc13)C2)C(=O)OC(C)(C)C. The number of carboxylic acid groups (broad SMARTS) is 1. The summed E-state index contributed by atoms with van der Waals surface area (Å²) in [6.07, 6.45) is 3.31. The van der Waals surface area contributed by atoms with Gasteiger partial charge in [-0.3, -0.25) is 0 Å². The average Bonchev–Trinajstić information content (AvgIpc) is 3.65. The van der Waals surface area contributed by atoms with Crippen molar-refractivity contribution in [2.45, 2.75) is 46.0 Å². The van der Waals surface area contributed by atoms with Crippen LogP contribution in [0, 0.1) is 0 Å². The highest BCUT2D eigenvalue weighted by Crippen LogP contribution is 2.31. The van der Waals surface area contributed by atoms with Crippen LogP contribution in [0.5, 0.6) is 0 Å². The van der Waals surface area contributed by atoms with Crippen LogP contribution in [0.1, 0.15) is 32.3 Å². The minimum absolute atomic E-state index is 0.323. The second kappa shape index (κ2) is 9.80. The predicted molar refractivity (Wildman–Crippen MR) is 149 cm³/mol. The number of furan rings is 1. The Balaban J connectivity index is 1.24. The Bertz CT molecular complexity index is 1780. The lowest BCUT2D eigenvalue weighted by Gasteiger charge is -2.30. The van der Waals surface area contributed by atoms with Gasteiger partial charge in [-0.25, -0.2) is 19.6 Å². The van der Waals surface area contributed by atoms with Gasteiger partial charge < -0.3 is 33.9 Å². The summed E-state index contributed by atoms with van der Waals surface area (Å²) in [6, 6.07) is 7.06. The number of imidazole rings is 1. The largest absolute Gasteiger partial charge is 0.463 e. The summed E-state index contributed by atoms with van der Waals surface area (Å²) in [6.45, 7) is 7.62. The third kappa shape index (κ3) is 5.11. The van der Waals surface area contributed by atoms with Crippen LogP contribution in [0.4, 0.5) is 27.0 Å². The van der Waals surface area contributed by atoms with Gasteiger partial charge in [-0.2, -0.15) is 14.8 Å². The number of nitrogens with zero attached hydrogens (tertiary/aromatic N) is 8. The zero-order chi connectivity index (χ0) is 28.9. The van der Waals surface area contributed by atoms with Crippen molar-refractivity contribution in [3.63, 3.8) is 0 Å². The molecule has 0 aliphatic carbocycles. The third-order valence-corrected chi connectivity index (χ3v) is 6.64. The van der Waals surface area contributed by atoms with Crippen LogP contribution in [0.2, 0.25) is 0 Å². The van der Waals surface area contributed by atoms with Crippen molar-refractivity contribution in [2.24, 2.45) is 0 Å². The van der Waals surface area contributed by atoms with Crippen molar-refractivity contribution in [3.05, 3.63) is 54.4 Å². The second-order valence-corrected chi connectivity index (χ2v) is 10.8. The first kappa shape index (κ1) is 26.1. The van der Waals surface area contributed by atoms with E-state index in [1.54, 1.807) is 31.5 Å². The number of hydrogen-bond donors (Lipinski definition) is 2. The number of rotatable bonds is 5. The van der Waals surface area contributed by atoms with Gasteiger partial charge in [-0.15, -0.1) is 0 Å². The highest BCUT2D eigenvalue weighted by molar-refractivity contribution is 5.90. The van der Waals surface area contributed by atoms with E-state index in [4.69, 9.17) is 14.1 Å². The number of aromatic nitrogens is 6. The van der Waals surface area contributed by atoms with Crippen LogP contribution in [-0.4, -0.2) is 70.7 Å². The first-order valence-corrected chi connectivity index (χ1v) is 13.0. The number of carbonyl (C=O) groups excluding carboxylic acids is 1. The van der Waals surface area contributed by atoms with Gasteiger partial charge in [0.15, 0.2) is 11.4 Å². The average molecular weight is 560 g/mol. The van der Waals surface area contributed by atoms with E-state index in [0.717, 1.165) is 16.2 Å². The maximum absolute atomic E-state index is 12.4. The molecule has 1 amide bonds. The molecular formula is C27H29N9O5. The molecule has 0 atom stereocenters. The molecule has 0 radical (unpaired) electrons. The van der Waals surface area contributed by atoms with Crippen LogP contribution in [0.25, 0.3) is 22.0 Å². The summed E-state index contributed by atoms with van der Waals surface area (Å²) in [5.41, 5.74) is 2.66. The molecule has 1 aliphatic heterocycles. The molecule has 0 bridgehead atoms. The Kier molecular flexibility index (Phi) is 6.24. The van der Waals surface area contributed by atoms with E-state index < -0.39 is 17.8 Å². The van der Waals surface area contributed by atoms with Crippen LogP contribution in [-0.2, 0) is 24.4 Å². The number of anilines is 3. The van der Waals surface area contributed by atoms with Gasteiger partial charge in [0.25, 0.3) is 0 Å². The van der Waals surface area contributed by atoms with Gasteiger partial charge in [-0.05, 0) is 39.0 Å². The topological polar surface area (TPSA) is 157 Å².